The van der Waals surface area contributed by atoms with Crippen LogP contribution in [0.25, 0.3) is 0 Å². The highest BCUT2D eigenvalue weighted by Crippen LogP contribution is 1.94. The van der Waals surface area contributed by atoms with Gasteiger partial charge < -0.3 is 10.2 Å². The van der Waals surface area contributed by atoms with Crippen LogP contribution in [0.15, 0.2) is 0 Å². The van der Waals surface area contributed by atoms with Gasteiger partial charge >= 0.3 is 5.97 Å². The molecule has 8 heavy (non-hydrogen) atoms. The van der Waals surface area contributed by atoms with Crippen molar-refractivity contribution in [2.45, 2.75) is 18.9 Å². The summed E-state index contributed by atoms with van der Waals surface area (Å²) in [5.41, 5.74) is 0. The summed E-state index contributed by atoms with van der Waals surface area (Å²) in [6, 6.07) is 0. The molecule has 3 nitrogen and oxygen atoms in total. The van der Waals surface area contributed by atoms with Gasteiger partial charge in [0, 0.05) is 0 Å². The van der Waals surface area contributed by atoms with E-state index in [4.69, 9.17) is 10.2 Å². The molecule has 0 saturated heterocycles. The summed E-state index contributed by atoms with van der Waals surface area (Å²) in [6.07, 6.45) is -0.733. The molecule has 0 aromatic carbocycles. The molecule has 0 amide bonds. The van der Waals surface area contributed by atoms with Crippen molar-refractivity contribution in [1.82, 2.24) is 0 Å². The number of rotatable bonds is 3. The summed E-state index contributed by atoms with van der Waals surface area (Å²) >= 11 is 0. The molecule has 1 radical (unpaired) electrons. The molecule has 0 aliphatic carbocycles. The van der Waals surface area contributed by atoms with Crippen molar-refractivity contribution in [3.05, 3.63) is 6.92 Å². The lowest BCUT2D eigenvalue weighted by Crippen LogP contribution is -2.10. The average molecular weight is 117 g/mol. The SMILES string of the molecule is [CH2]CC(O)CC(=O)O. The minimum Gasteiger partial charge on any atom is -0.481 e. The predicted molar refractivity (Wildman–Crippen MR) is 28.2 cm³/mol. The lowest BCUT2D eigenvalue weighted by molar-refractivity contribution is -0.139. The first kappa shape index (κ1) is 7.43. The van der Waals surface area contributed by atoms with E-state index in [1.807, 2.05) is 0 Å². The summed E-state index contributed by atoms with van der Waals surface area (Å²) < 4.78 is 0. The Balaban J connectivity index is 3.24. The van der Waals surface area contributed by atoms with E-state index in [0.29, 0.717) is 0 Å². The van der Waals surface area contributed by atoms with Gasteiger partial charge in [-0.3, -0.25) is 4.79 Å². The number of hydrogen-bond donors (Lipinski definition) is 2. The Hall–Kier alpha value is -0.570. The quantitative estimate of drug-likeness (QED) is 0.549. The molecule has 0 rings (SSSR count). The van der Waals surface area contributed by atoms with Gasteiger partial charge in [0.25, 0.3) is 0 Å². The topological polar surface area (TPSA) is 57.5 Å². The zero-order valence-electron chi connectivity index (χ0n) is 4.50. The van der Waals surface area contributed by atoms with E-state index in [1.54, 1.807) is 0 Å². The molecule has 1 atom stereocenters. The van der Waals surface area contributed by atoms with Crippen LogP contribution in [-0.4, -0.2) is 22.3 Å². The van der Waals surface area contributed by atoms with Gasteiger partial charge in [-0.05, 0) is 6.42 Å². The van der Waals surface area contributed by atoms with Crippen LogP contribution in [0.3, 0.4) is 0 Å². The molecule has 47 valence electrons. The van der Waals surface area contributed by atoms with Crippen LogP contribution in [0, 0.1) is 6.92 Å². The Labute approximate surface area is 47.9 Å². The zero-order valence-corrected chi connectivity index (χ0v) is 4.50. The van der Waals surface area contributed by atoms with Crippen molar-refractivity contribution >= 4 is 5.97 Å². The van der Waals surface area contributed by atoms with Crippen LogP contribution >= 0.6 is 0 Å². The minimum atomic E-state index is -0.985. The normalized spacial score (nSPS) is 13.2. The second-order valence-corrected chi connectivity index (χ2v) is 1.54. The molecule has 0 saturated carbocycles. The molecule has 0 aliphatic heterocycles. The Kier molecular flexibility index (Phi) is 3.19. The van der Waals surface area contributed by atoms with E-state index in [9.17, 15) is 4.79 Å². The third-order valence-corrected chi connectivity index (χ3v) is 0.743. The monoisotopic (exact) mass is 117 g/mol. The Morgan fingerprint density at radius 2 is 2.25 bits per heavy atom. The van der Waals surface area contributed by atoms with Crippen LogP contribution in [0.1, 0.15) is 12.8 Å². The maximum Gasteiger partial charge on any atom is 0.305 e. The van der Waals surface area contributed by atoms with Gasteiger partial charge in [-0.1, -0.05) is 6.92 Å². The van der Waals surface area contributed by atoms with E-state index in [0.717, 1.165) is 0 Å². The van der Waals surface area contributed by atoms with Gasteiger partial charge in [0.15, 0.2) is 0 Å². The van der Waals surface area contributed by atoms with Crippen molar-refractivity contribution in [1.29, 1.82) is 0 Å². The van der Waals surface area contributed by atoms with E-state index >= 15 is 0 Å². The van der Waals surface area contributed by atoms with Gasteiger partial charge in [-0.15, -0.1) is 0 Å². The van der Waals surface area contributed by atoms with Crippen molar-refractivity contribution < 1.29 is 15.0 Å². The van der Waals surface area contributed by atoms with E-state index in [-0.39, 0.29) is 12.8 Å². The van der Waals surface area contributed by atoms with Crippen molar-refractivity contribution in [2.75, 3.05) is 0 Å². The number of aliphatic hydroxyl groups excluding tert-OH is 1. The first-order valence-corrected chi connectivity index (χ1v) is 2.36. The first-order valence-electron chi connectivity index (χ1n) is 2.36. The Morgan fingerprint density at radius 3 is 2.38 bits per heavy atom. The van der Waals surface area contributed by atoms with E-state index < -0.39 is 12.1 Å². The molecule has 0 spiro atoms. The maximum absolute atomic E-state index is 9.78. The molecule has 0 aromatic rings. The molecule has 1 unspecified atom stereocenters. The summed E-state index contributed by atoms with van der Waals surface area (Å²) in [5.74, 6) is -0.985. The van der Waals surface area contributed by atoms with Crippen LogP contribution in [0.2, 0.25) is 0 Å². The summed E-state index contributed by atoms with van der Waals surface area (Å²) in [6.45, 7) is 3.33. The standard InChI is InChI=1S/C5H9O3/c1-2-4(6)3-5(7)8/h4,6H,1-3H2,(H,7,8). The second kappa shape index (κ2) is 3.43. The van der Waals surface area contributed by atoms with Gasteiger partial charge in [0.1, 0.15) is 0 Å². The molecule has 0 aliphatic rings. The number of aliphatic carboxylic acids is 1. The van der Waals surface area contributed by atoms with Gasteiger partial charge in [-0.25, -0.2) is 0 Å². The lowest BCUT2D eigenvalue weighted by atomic mass is 10.2. The van der Waals surface area contributed by atoms with Gasteiger partial charge in [-0.2, -0.15) is 0 Å². The fraction of sp³-hybridized carbons (Fsp3) is 0.600. The second-order valence-electron chi connectivity index (χ2n) is 1.54. The number of carbonyl (C=O) groups is 1. The van der Waals surface area contributed by atoms with Crippen LogP contribution in [-0.2, 0) is 4.79 Å². The molecule has 3 heteroatoms. The summed E-state index contributed by atoms with van der Waals surface area (Å²) in [7, 11) is 0. The Bertz CT molecular complexity index is 79.7. The highest BCUT2D eigenvalue weighted by atomic mass is 16.4. The summed E-state index contributed by atoms with van der Waals surface area (Å²) in [4.78, 5) is 9.78. The average Bonchev–Trinajstić information content (AvgIpc) is 1.65. The summed E-state index contributed by atoms with van der Waals surface area (Å²) in [5, 5.41) is 16.6. The third-order valence-electron chi connectivity index (χ3n) is 0.743. The highest BCUT2D eigenvalue weighted by Gasteiger charge is 2.04. The first-order chi connectivity index (χ1) is 3.66. The van der Waals surface area contributed by atoms with Crippen molar-refractivity contribution in [2.24, 2.45) is 0 Å². The highest BCUT2D eigenvalue weighted by molar-refractivity contribution is 5.67. The number of carboxylic acids is 1. The molecule has 0 bridgehead atoms. The fourth-order valence-corrected chi connectivity index (χ4v) is 0.304. The van der Waals surface area contributed by atoms with Crippen molar-refractivity contribution in [3.63, 3.8) is 0 Å². The molecular weight excluding hydrogens is 108 g/mol. The minimum absolute atomic E-state index is 0.205. The van der Waals surface area contributed by atoms with Gasteiger partial charge in [0.2, 0.25) is 0 Å². The molecule has 2 N–H and O–H groups in total. The third kappa shape index (κ3) is 3.61. The maximum atomic E-state index is 9.78. The predicted octanol–water partition coefficient (Wildman–Crippen LogP) is 0.0462. The van der Waals surface area contributed by atoms with Crippen LogP contribution in [0.4, 0.5) is 0 Å². The lowest BCUT2D eigenvalue weighted by Gasteiger charge is -2.00. The fourth-order valence-electron chi connectivity index (χ4n) is 0.304. The van der Waals surface area contributed by atoms with Gasteiger partial charge in [0.05, 0.1) is 12.5 Å². The Morgan fingerprint density at radius 1 is 1.75 bits per heavy atom. The molecule has 0 aromatic heterocycles. The molecule has 0 fully saturated rings. The van der Waals surface area contributed by atoms with Crippen molar-refractivity contribution in [3.8, 4) is 0 Å². The number of hydrogen-bond acceptors (Lipinski definition) is 2. The number of aliphatic hydroxyl groups is 1. The van der Waals surface area contributed by atoms with Crippen LogP contribution in [0.5, 0.6) is 0 Å². The molecule has 0 heterocycles. The molecular formula is C5H9O3. The zero-order chi connectivity index (χ0) is 6.57. The van der Waals surface area contributed by atoms with E-state index in [2.05, 4.69) is 6.92 Å². The number of carboxylic acid groups (broad SMARTS) is 1. The smallest absolute Gasteiger partial charge is 0.305 e. The largest absolute Gasteiger partial charge is 0.481 e. The van der Waals surface area contributed by atoms with Crippen LogP contribution < -0.4 is 0 Å². The van der Waals surface area contributed by atoms with E-state index in [1.165, 1.54) is 0 Å².